The van der Waals surface area contributed by atoms with Gasteiger partial charge in [0.25, 0.3) is 0 Å². The van der Waals surface area contributed by atoms with Crippen LogP contribution >= 0.6 is 0 Å². The smallest absolute Gasteiger partial charge is 0.0695 e. The van der Waals surface area contributed by atoms with Gasteiger partial charge in [-0.1, -0.05) is 24.3 Å². The Kier molecular flexibility index (Phi) is 2.70. The maximum Gasteiger partial charge on any atom is 0.0695 e. The van der Waals surface area contributed by atoms with Crippen LogP contribution < -0.4 is 0 Å². The lowest BCUT2D eigenvalue weighted by Crippen LogP contribution is -2.43. The van der Waals surface area contributed by atoms with Crippen molar-refractivity contribution in [2.45, 2.75) is 44.4 Å². The van der Waals surface area contributed by atoms with Crippen LogP contribution in [0.4, 0.5) is 0 Å². The van der Waals surface area contributed by atoms with Crippen molar-refractivity contribution in [1.82, 2.24) is 4.90 Å². The molecule has 0 unspecified atom stereocenters. The highest BCUT2D eigenvalue weighted by atomic mass is 16.3. The quantitative estimate of drug-likeness (QED) is 0.777. The monoisotopic (exact) mass is 217 g/mol. The van der Waals surface area contributed by atoms with Crippen LogP contribution in [0.15, 0.2) is 24.3 Å². The first kappa shape index (κ1) is 10.3. The summed E-state index contributed by atoms with van der Waals surface area (Å²) in [5.41, 5.74) is 2.94. The van der Waals surface area contributed by atoms with E-state index in [0.29, 0.717) is 6.04 Å². The molecule has 1 saturated carbocycles. The van der Waals surface area contributed by atoms with Crippen molar-refractivity contribution in [3.05, 3.63) is 35.4 Å². The fourth-order valence-electron chi connectivity index (χ4n) is 3.15. The average molecular weight is 217 g/mol. The Bertz CT molecular complexity index is 377. The molecule has 86 valence electrons. The molecule has 16 heavy (non-hydrogen) atoms. The molecule has 1 aliphatic heterocycles. The molecule has 2 aliphatic rings. The molecule has 0 amide bonds. The molecule has 1 aliphatic carbocycles. The minimum atomic E-state index is -0.0923. The fraction of sp³-hybridized carbons (Fsp3) is 0.571. The van der Waals surface area contributed by atoms with Crippen LogP contribution in [-0.2, 0) is 13.0 Å². The molecule has 1 heterocycles. The maximum absolute atomic E-state index is 9.95. The predicted molar refractivity (Wildman–Crippen MR) is 64.2 cm³/mol. The normalized spacial score (nSPS) is 30.3. The van der Waals surface area contributed by atoms with Crippen LogP contribution in [0.1, 0.15) is 30.4 Å². The first-order chi connectivity index (χ1) is 7.84. The molecular weight excluding hydrogens is 198 g/mol. The minimum Gasteiger partial charge on any atom is -0.391 e. The van der Waals surface area contributed by atoms with E-state index in [9.17, 15) is 5.11 Å². The van der Waals surface area contributed by atoms with E-state index in [1.165, 1.54) is 24.0 Å². The third kappa shape index (κ3) is 1.76. The molecule has 1 N–H and O–H groups in total. The molecule has 2 atom stereocenters. The minimum absolute atomic E-state index is 0.0923. The highest BCUT2D eigenvalue weighted by Gasteiger charge is 2.32. The predicted octanol–water partition coefficient (Wildman–Crippen LogP) is 1.96. The second-order valence-electron chi connectivity index (χ2n) is 5.05. The van der Waals surface area contributed by atoms with E-state index >= 15 is 0 Å². The number of aliphatic hydroxyl groups is 1. The summed E-state index contributed by atoms with van der Waals surface area (Å²) in [5, 5.41) is 9.95. The molecular formula is C14H19NO. The third-order valence-electron chi connectivity index (χ3n) is 4.07. The number of nitrogens with zero attached hydrogens (tertiary/aromatic N) is 1. The molecule has 0 aromatic heterocycles. The highest BCUT2D eigenvalue weighted by Crippen LogP contribution is 2.28. The van der Waals surface area contributed by atoms with E-state index in [0.717, 1.165) is 25.9 Å². The van der Waals surface area contributed by atoms with Gasteiger partial charge in [0.05, 0.1) is 6.10 Å². The van der Waals surface area contributed by atoms with Crippen LogP contribution in [0.25, 0.3) is 0 Å². The molecule has 1 aromatic rings. The van der Waals surface area contributed by atoms with Gasteiger partial charge in [-0.2, -0.15) is 0 Å². The topological polar surface area (TPSA) is 23.5 Å². The Labute approximate surface area is 96.9 Å². The molecule has 1 aromatic carbocycles. The number of hydrogen-bond acceptors (Lipinski definition) is 2. The van der Waals surface area contributed by atoms with Gasteiger partial charge in [-0.15, -0.1) is 0 Å². The lowest BCUT2D eigenvalue weighted by Gasteiger charge is -2.35. The SMILES string of the molecule is O[C@H]1CCC[C@H]1N1CCc2ccccc2C1. The zero-order valence-electron chi connectivity index (χ0n) is 9.60. The van der Waals surface area contributed by atoms with Crippen LogP contribution in [0, 0.1) is 0 Å². The molecule has 2 heteroatoms. The lowest BCUT2D eigenvalue weighted by atomic mass is 9.98. The second kappa shape index (κ2) is 4.19. The Hall–Kier alpha value is -0.860. The van der Waals surface area contributed by atoms with Gasteiger partial charge in [-0.05, 0) is 36.8 Å². The fourth-order valence-corrected chi connectivity index (χ4v) is 3.15. The van der Waals surface area contributed by atoms with Crippen molar-refractivity contribution in [3.8, 4) is 0 Å². The summed E-state index contributed by atoms with van der Waals surface area (Å²) in [6.07, 6.45) is 4.39. The first-order valence-corrected chi connectivity index (χ1v) is 6.33. The van der Waals surface area contributed by atoms with E-state index < -0.39 is 0 Å². The molecule has 0 bridgehead atoms. The van der Waals surface area contributed by atoms with Crippen molar-refractivity contribution < 1.29 is 5.11 Å². The number of benzene rings is 1. The Morgan fingerprint density at radius 3 is 2.69 bits per heavy atom. The van der Waals surface area contributed by atoms with Gasteiger partial charge in [0.15, 0.2) is 0 Å². The number of rotatable bonds is 1. The Morgan fingerprint density at radius 1 is 1.12 bits per heavy atom. The molecule has 0 spiro atoms. The van der Waals surface area contributed by atoms with Crippen molar-refractivity contribution in [3.63, 3.8) is 0 Å². The summed E-state index contributed by atoms with van der Waals surface area (Å²) < 4.78 is 0. The average Bonchev–Trinajstić information content (AvgIpc) is 2.75. The number of aliphatic hydroxyl groups excluding tert-OH is 1. The Morgan fingerprint density at radius 2 is 1.94 bits per heavy atom. The largest absolute Gasteiger partial charge is 0.391 e. The summed E-state index contributed by atoms with van der Waals surface area (Å²) in [7, 11) is 0. The van der Waals surface area contributed by atoms with E-state index in [4.69, 9.17) is 0 Å². The maximum atomic E-state index is 9.95. The highest BCUT2D eigenvalue weighted by molar-refractivity contribution is 5.29. The van der Waals surface area contributed by atoms with Crippen LogP contribution in [0.3, 0.4) is 0 Å². The summed E-state index contributed by atoms with van der Waals surface area (Å²) in [5.74, 6) is 0. The summed E-state index contributed by atoms with van der Waals surface area (Å²) in [6.45, 7) is 2.14. The third-order valence-corrected chi connectivity index (χ3v) is 4.07. The Balaban J connectivity index is 1.77. The molecule has 2 nitrogen and oxygen atoms in total. The molecule has 3 rings (SSSR count). The van der Waals surface area contributed by atoms with Crippen LogP contribution in [0.5, 0.6) is 0 Å². The summed E-state index contributed by atoms with van der Waals surface area (Å²) >= 11 is 0. The molecule has 0 saturated heterocycles. The van der Waals surface area contributed by atoms with E-state index in [1.807, 2.05) is 0 Å². The van der Waals surface area contributed by atoms with Crippen LogP contribution in [0.2, 0.25) is 0 Å². The number of fused-ring (bicyclic) bond motifs is 1. The second-order valence-corrected chi connectivity index (χ2v) is 5.05. The summed E-state index contributed by atoms with van der Waals surface area (Å²) in [6, 6.07) is 9.11. The van der Waals surface area contributed by atoms with Crippen molar-refractivity contribution >= 4 is 0 Å². The van der Waals surface area contributed by atoms with Crippen LogP contribution in [-0.4, -0.2) is 28.7 Å². The molecule has 1 fully saturated rings. The van der Waals surface area contributed by atoms with Gasteiger partial charge in [-0.3, -0.25) is 4.90 Å². The van der Waals surface area contributed by atoms with Crippen molar-refractivity contribution in [1.29, 1.82) is 0 Å². The van der Waals surface area contributed by atoms with Crippen molar-refractivity contribution in [2.24, 2.45) is 0 Å². The first-order valence-electron chi connectivity index (χ1n) is 6.33. The van der Waals surface area contributed by atoms with Gasteiger partial charge < -0.3 is 5.11 Å². The van der Waals surface area contributed by atoms with E-state index in [1.54, 1.807) is 0 Å². The number of hydrogen-bond donors (Lipinski definition) is 1. The van der Waals surface area contributed by atoms with Gasteiger partial charge in [0.1, 0.15) is 0 Å². The van der Waals surface area contributed by atoms with Gasteiger partial charge in [0.2, 0.25) is 0 Å². The lowest BCUT2D eigenvalue weighted by molar-refractivity contribution is 0.0626. The van der Waals surface area contributed by atoms with E-state index in [-0.39, 0.29) is 6.10 Å². The van der Waals surface area contributed by atoms with Crippen molar-refractivity contribution in [2.75, 3.05) is 6.54 Å². The van der Waals surface area contributed by atoms with Gasteiger partial charge >= 0.3 is 0 Å². The van der Waals surface area contributed by atoms with Gasteiger partial charge in [0, 0.05) is 19.1 Å². The zero-order chi connectivity index (χ0) is 11.0. The van der Waals surface area contributed by atoms with Gasteiger partial charge in [-0.25, -0.2) is 0 Å². The standard InChI is InChI=1S/C14H19NO/c16-14-7-3-6-13(14)15-9-8-11-4-1-2-5-12(11)10-15/h1-2,4-5,13-14,16H,3,6-10H2/t13-,14+/m1/s1. The zero-order valence-corrected chi connectivity index (χ0v) is 9.60. The summed E-state index contributed by atoms with van der Waals surface area (Å²) in [4.78, 5) is 2.47. The van der Waals surface area contributed by atoms with E-state index in [2.05, 4.69) is 29.2 Å². The molecule has 0 radical (unpaired) electrons.